The van der Waals surface area contributed by atoms with Gasteiger partial charge in [0, 0.05) is 36.1 Å². The van der Waals surface area contributed by atoms with Crippen LogP contribution in [0, 0.1) is 21.4 Å². The molecule has 0 radical (unpaired) electrons. The van der Waals surface area contributed by atoms with E-state index < -0.39 is 0 Å². The number of benzene rings is 1. The van der Waals surface area contributed by atoms with Gasteiger partial charge < -0.3 is 5.32 Å². The summed E-state index contributed by atoms with van der Waals surface area (Å²) in [5, 5.41) is 15.9. The monoisotopic (exact) mass is 287 g/mol. The molecule has 2 rings (SSSR count). The largest absolute Gasteiger partial charge is 0.384 e. The summed E-state index contributed by atoms with van der Waals surface area (Å²) >= 11 is 0. The molecule has 1 aromatic carbocycles. The van der Waals surface area contributed by atoms with Gasteiger partial charge in [0.05, 0.1) is 10.3 Å². The number of fused-ring (bicyclic) bond motifs is 1. The van der Waals surface area contributed by atoms with Crippen LogP contribution in [0.3, 0.4) is 0 Å². The Balaban J connectivity index is 2.38. The van der Waals surface area contributed by atoms with Crippen LogP contribution < -0.4 is 5.32 Å². The highest BCUT2D eigenvalue weighted by atomic mass is 16.6. The lowest BCUT2D eigenvalue weighted by Crippen LogP contribution is -2.28. The first-order valence-corrected chi connectivity index (χ1v) is 7.08. The van der Waals surface area contributed by atoms with E-state index in [1.54, 1.807) is 18.5 Å². The first-order chi connectivity index (χ1) is 9.83. The first kappa shape index (κ1) is 15.2. The van der Waals surface area contributed by atoms with Gasteiger partial charge in [-0.25, -0.2) is 0 Å². The van der Waals surface area contributed by atoms with Gasteiger partial charge in [-0.05, 0) is 23.5 Å². The van der Waals surface area contributed by atoms with Crippen LogP contribution in [0.15, 0.2) is 30.6 Å². The van der Waals surface area contributed by atoms with E-state index in [1.165, 1.54) is 6.07 Å². The molecule has 1 heterocycles. The van der Waals surface area contributed by atoms with E-state index in [0.29, 0.717) is 11.3 Å². The fraction of sp³-hybridized carbons (Fsp3) is 0.438. The smallest absolute Gasteiger partial charge is 0.278 e. The fourth-order valence-electron chi connectivity index (χ4n) is 2.02. The van der Waals surface area contributed by atoms with Crippen molar-refractivity contribution in [3.05, 3.63) is 40.7 Å². The molecule has 0 unspecified atom stereocenters. The molecule has 0 aliphatic heterocycles. The van der Waals surface area contributed by atoms with Gasteiger partial charge in [-0.3, -0.25) is 15.1 Å². The van der Waals surface area contributed by atoms with Gasteiger partial charge in [0.15, 0.2) is 0 Å². The van der Waals surface area contributed by atoms with Crippen LogP contribution in [-0.4, -0.2) is 16.5 Å². The molecular weight excluding hydrogens is 266 g/mol. The molecule has 1 N–H and O–H groups in total. The quantitative estimate of drug-likeness (QED) is 0.659. The molecular formula is C16H21N3O2. The minimum atomic E-state index is -0.369. The van der Waals surface area contributed by atoms with E-state index in [2.05, 4.69) is 38.0 Å². The van der Waals surface area contributed by atoms with E-state index >= 15 is 0 Å². The number of rotatable bonds is 5. The van der Waals surface area contributed by atoms with Crippen LogP contribution in [0.25, 0.3) is 10.8 Å². The molecule has 0 spiro atoms. The molecule has 0 atom stereocenters. The molecule has 1 aromatic heterocycles. The van der Waals surface area contributed by atoms with Crippen molar-refractivity contribution in [2.75, 3.05) is 11.9 Å². The Bertz CT molecular complexity index is 666. The van der Waals surface area contributed by atoms with Gasteiger partial charge in [0.25, 0.3) is 5.69 Å². The van der Waals surface area contributed by atoms with Gasteiger partial charge in [0.2, 0.25) is 0 Å². The zero-order chi connectivity index (χ0) is 15.6. The predicted molar refractivity (Wildman–Crippen MR) is 85.5 cm³/mol. The molecule has 0 saturated heterocycles. The Morgan fingerprint density at radius 2 is 2.00 bits per heavy atom. The molecule has 5 heteroatoms. The maximum absolute atomic E-state index is 11.1. The number of nitro groups is 1. The predicted octanol–water partition coefficient (Wildman–Crippen LogP) is 4.24. The molecule has 2 aromatic rings. The summed E-state index contributed by atoms with van der Waals surface area (Å²) in [6.45, 7) is 9.61. The number of nitrogens with zero attached hydrogens (tertiary/aromatic N) is 2. The molecule has 0 saturated carbocycles. The van der Waals surface area contributed by atoms with Crippen molar-refractivity contribution in [3.8, 4) is 0 Å². The second-order valence-electron chi connectivity index (χ2n) is 6.31. The average Bonchev–Trinajstić information content (AvgIpc) is 2.44. The molecule has 0 bridgehead atoms. The Kier molecular flexibility index (Phi) is 4.11. The maximum Gasteiger partial charge on any atom is 0.278 e. The third-order valence-corrected chi connectivity index (χ3v) is 4.29. The van der Waals surface area contributed by atoms with Gasteiger partial charge in [-0.15, -0.1) is 0 Å². The topological polar surface area (TPSA) is 68.1 Å². The highest BCUT2D eigenvalue weighted by Gasteiger charge is 2.22. The lowest BCUT2D eigenvalue weighted by atomic mass is 9.81. The SMILES string of the molecule is CC(C)C(C)(C)CNc1ccc([N+](=O)[O-])c2cnccc12. The van der Waals surface area contributed by atoms with Crippen LogP contribution in [0.2, 0.25) is 0 Å². The molecule has 112 valence electrons. The van der Waals surface area contributed by atoms with E-state index in [4.69, 9.17) is 0 Å². The number of anilines is 1. The lowest BCUT2D eigenvalue weighted by Gasteiger charge is -2.30. The minimum Gasteiger partial charge on any atom is -0.384 e. The third-order valence-electron chi connectivity index (χ3n) is 4.29. The minimum absolute atomic E-state index is 0.0896. The lowest BCUT2D eigenvalue weighted by molar-refractivity contribution is -0.383. The number of nitro benzene ring substituents is 1. The second kappa shape index (κ2) is 5.68. The molecule has 5 nitrogen and oxygen atoms in total. The highest BCUT2D eigenvalue weighted by Crippen LogP contribution is 2.32. The average molecular weight is 287 g/mol. The molecule has 0 amide bonds. The van der Waals surface area contributed by atoms with Crippen LogP contribution in [-0.2, 0) is 0 Å². The molecule has 0 aliphatic carbocycles. The second-order valence-corrected chi connectivity index (χ2v) is 6.31. The van der Waals surface area contributed by atoms with Crippen molar-refractivity contribution in [2.24, 2.45) is 11.3 Å². The van der Waals surface area contributed by atoms with Gasteiger partial charge in [-0.2, -0.15) is 0 Å². The van der Waals surface area contributed by atoms with Crippen molar-refractivity contribution >= 4 is 22.1 Å². The third kappa shape index (κ3) is 3.12. The Labute approximate surface area is 124 Å². The Morgan fingerprint density at radius 3 is 2.62 bits per heavy atom. The van der Waals surface area contributed by atoms with Gasteiger partial charge >= 0.3 is 0 Å². The summed E-state index contributed by atoms with van der Waals surface area (Å²) in [7, 11) is 0. The van der Waals surface area contributed by atoms with Crippen molar-refractivity contribution < 1.29 is 4.92 Å². The van der Waals surface area contributed by atoms with E-state index in [9.17, 15) is 10.1 Å². The molecule has 0 fully saturated rings. The van der Waals surface area contributed by atoms with Crippen molar-refractivity contribution in [2.45, 2.75) is 27.7 Å². The summed E-state index contributed by atoms with van der Waals surface area (Å²) in [5.74, 6) is 0.538. The van der Waals surface area contributed by atoms with Crippen LogP contribution in [0.1, 0.15) is 27.7 Å². The number of hydrogen-bond donors (Lipinski definition) is 1. The van der Waals surface area contributed by atoms with Crippen LogP contribution in [0.5, 0.6) is 0 Å². The molecule has 0 aliphatic rings. The first-order valence-electron chi connectivity index (χ1n) is 7.08. The number of aromatic nitrogens is 1. The van der Waals surface area contributed by atoms with Crippen LogP contribution in [0.4, 0.5) is 11.4 Å². The number of non-ortho nitro benzene ring substituents is 1. The summed E-state index contributed by atoms with van der Waals surface area (Å²) in [5.41, 5.74) is 1.14. The van der Waals surface area contributed by atoms with E-state index in [-0.39, 0.29) is 16.0 Å². The number of nitrogens with one attached hydrogen (secondary N) is 1. The number of pyridine rings is 1. The zero-order valence-electron chi connectivity index (χ0n) is 12.9. The summed E-state index contributed by atoms with van der Waals surface area (Å²) in [6.07, 6.45) is 3.21. The van der Waals surface area contributed by atoms with Crippen molar-refractivity contribution in [1.29, 1.82) is 0 Å². The highest BCUT2D eigenvalue weighted by molar-refractivity contribution is 5.99. The Morgan fingerprint density at radius 1 is 1.29 bits per heavy atom. The van der Waals surface area contributed by atoms with Gasteiger partial charge in [0.1, 0.15) is 0 Å². The summed E-state index contributed by atoms with van der Waals surface area (Å²) in [4.78, 5) is 14.7. The maximum atomic E-state index is 11.1. The molecule has 21 heavy (non-hydrogen) atoms. The Hall–Kier alpha value is -2.17. The van der Waals surface area contributed by atoms with E-state index in [1.807, 2.05) is 6.07 Å². The van der Waals surface area contributed by atoms with Crippen LogP contribution >= 0.6 is 0 Å². The number of hydrogen-bond acceptors (Lipinski definition) is 4. The summed E-state index contributed by atoms with van der Waals surface area (Å²) < 4.78 is 0. The van der Waals surface area contributed by atoms with Crippen molar-refractivity contribution in [3.63, 3.8) is 0 Å². The standard InChI is InChI=1S/C16H21N3O2/c1-11(2)16(3,4)10-18-14-5-6-15(19(20)21)13-9-17-8-7-12(13)14/h5-9,11,18H,10H2,1-4H3. The van der Waals surface area contributed by atoms with Crippen molar-refractivity contribution in [1.82, 2.24) is 4.98 Å². The van der Waals surface area contributed by atoms with Gasteiger partial charge in [-0.1, -0.05) is 27.7 Å². The summed E-state index contributed by atoms with van der Waals surface area (Å²) in [6, 6.07) is 5.12. The zero-order valence-corrected chi connectivity index (χ0v) is 12.9. The normalized spacial score (nSPS) is 11.9. The fourth-order valence-corrected chi connectivity index (χ4v) is 2.02. The van der Waals surface area contributed by atoms with E-state index in [0.717, 1.165) is 17.6 Å².